The van der Waals surface area contributed by atoms with E-state index in [1.54, 1.807) is 12.3 Å². The maximum atomic E-state index is 12.1. The number of thiophene rings is 1. The number of carbonyl (C=O) groups excluding carboxylic acids is 4. The number of thioether (sulfide) groups is 1. The Morgan fingerprint density at radius 2 is 2.21 bits per heavy atom. The van der Waals surface area contributed by atoms with Crippen molar-refractivity contribution in [2.75, 3.05) is 24.2 Å². The number of nitrogens with two attached hydrogens (primary N) is 1. The van der Waals surface area contributed by atoms with Gasteiger partial charge in [-0.15, -0.1) is 11.3 Å². The molecule has 0 saturated carbocycles. The van der Waals surface area contributed by atoms with Crippen LogP contribution in [0.1, 0.15) is 17.3 Å². The Labute approximate surface area is 146 Å². The molecule has 0 aromatic carbocycles. The molecule has 0 radical (unpaired) electrons. The Hall–Kier alpha value is -2.33. The van der Waals surface area contributed by atoms with Gasteiger partial charge in [-0.25, -0.2) is 4.79 Å². The average Bonchev–Trinajstić information content (AvgIpc) is 3.09. The minimum atomic E-state index is -0.651. The summed E-state index contributed by atoms with van der Waals surface area (Å²) >= 11 is 2.31. The maximum Gasteiger partial charge on any atom is 0.333 e. The molecule has 1 aliphatic rings. The lowest BCUT2D eigenvalue weighted by Gasteiger charge is -2.16. The van der Waals surface area contributed by atoms with E-state index >= 15 is 0 Å². The van der Waals surface area contributed by atoms with E-state index in [0.29, 0.717) is 10.0 Å². The first-order valence-corrected chi connectivity index (χ1v) is 8.77. The van der Waals surface area contributed by atoms with Crippen molar-refractivity contribution in [2.24, 2.45) is 5.73 Å². The third-order valence-electron chi connectivity index (χ3n) is 2.92. The first kappa shape index (κ1) is 18.0. The Morgan fingerprint density at radius 1 is 1.46 bits per heavy atom. The summed E-state index contributed by atoms with van der Waals surface area (Å²) in [5.41, 5.74) is 5.42. The largest absolute Gasteiger partial charge is 0.463 e. The topological polar surface area (TPSA) is 119 Å². The SMILES string of the molecule is CCOC(=O)/C=C1/SCC(=O)N1CC(=O)Nc1sccc1C(N)=O. The van der Waals surface area contributed by atoms with Gasteiger partial charge in [-0.3, -0.25) is 19.3 Å². The van der Waals surface area contributed by atoms with Gasteiger partial charge >= 0.3 is 5.97 Å². The van der Waals surface area contributed by atoms with E-state index in [1.807, 2.05) is 0 Å². The Kier molecular flexibility index (Phi) is 5.99. The molecule has 0 bridgehead atoms. The first-order valence-electron chi connectivity index (χ1n) is 6.91. The van der Waals surface area contributed by atoms with E-state index in [-0.39, 0.29) is 30.4 Å². The van der Waals surface area contributed by atoms with E-state index in [2.05, 4.69) is 5.32 Å². The fourth-order valence-corrected chi connectivity index (χ4v) is 3.63. The predicted molar refractivity (Wildman–Crippen MR) is 90.4 cm³/mol. The van der Waals surface area contributed by atoms with Gasteiger partial charge < -0.3 is 15.8 Å². The number of rotatable bonds is 6. The Balaban J connectivity index is 2.06. The van der Waals surface area contributed by atoms with Crippen molar-refractivity contribution in [1.29, 1.82) is 0 Å². The molecule has 2 rings (SSSR count). The molecule has 1 saturated heterocycles. The van der Waals surface area contributed by atoms with Gasteiger partial charge in [0.15, 0.2) is 0 Å². The summed E-state index contributed by atoms with van der Waals surface area (Å²) in [6.45, 7) is 1.62. The highest BCUT2D eigenvalue weighted by Gasteiger charge is 2.29. The molecule has 3 N–H and O–H groups in total. The number of carbonyl (C=O) groups is 4. The molecular weight excluding hydrogens is 354 g/mol. The van der Waals surface area contributed by atoms with Crippen molar-refractivity contribution in [3.05, 3.63) is 28.1 Å². The summed E-state index contributed by atoms with van der Waals surface area (Å²) in [6.07, 6.45) is 1.19. The normalized spacial score (nSPS) is 15.6. The second-order valence-corrected chi connectivity index (χ2v) is 6.49. The van der Waals surface area contributed by atoms with Crippen LogP contribution in [0, 0.1) is 0 Å². The highest BCUT2D eigenvalue weighted by atomic mass is 32.2. The molecular formula is C14H15N3O5S2. The van der Waals surface area contributed by atoms with Gasteiger partial charge in [0.2, 0.25) is 11.8 Å². The zero-order valence-electron chi connectivity index (χ0n) is 12.7. The van der Waals surface area contributed by atoms with Gasteiger partial charge in [0.1, 0.15) is 11.5 Å². The summed E-state index contributed by atoms with van der Waals surface area (Å²) in [4.78, 5) is 48.0. The van der Waals surface area contributed by atoms with E-state index in [1.165, 1.54) is 17.0 Å². The van der Waals surface area contributed by atoms with Crippen LogP contribution in [0.2, 0.25) is 0 Å². The van der Waals surface area contributed by atoms with Crippen LogP contribution in [0.3, 0.4) is 0 Å². The van der Waals surface area contributed by atoms with Gasteiger partial charge in [-0.1, -0.05) is 11.8 Å². The van der Waals surface area contributed by atoms with E-state index in [4.69, 9.17) is 10.5 Å². The third kappa shape index (κ3) is 4.36. The lowest BCUT2D eigenvalue weighted by Crippen LogP contribution is -2.34. The minimum absolute atomic E-state index is 0.143. The molecule has 1 aromatic heterocycles. The number of nitrogens with zero attached hydrogens (tertiary/aromatic N) is 1. The molecule has 0 aliphatic carbocycles. The second kappa shape index (κ2) is 7.97. The van der Waals surface area contributed by atoms with Crippen molar-refractivity contribution in [3.8, 4) is 0 Å². The number of hydrogen-bond donors (Lipinski definition) is 2. The van der Waals surface area contributed by atoms with Crippen LogP contribution in [-0.4, -0.2) is 47.5 Å². The third-order valence-corrected chi connectivity index (χ3v) is 4.78. The van der Waals surface area contributed by atoms with Crippen LogP contribution in [-0.2, 0) is 19.1 Å². The van der Waals surface area contributed by atoms with E-state index in [0.717, 1.165) is 23.1 Å². The second-order valence-electron chi connectivity index (χ2n) is 4.58. The maximum absolute atomic E-state index is 12.1. The molecule has 2 heterocycles. The zero-order chi connectivity index (χ0) is 17.7. The van der Waals surface area contributed by atoms with Crippen LogP contribution < -0.4 is 11.1 Å². The van der Waals surface area contributed by atoms with Crippen molar-refractivity contribution in [2.45, 2.75) is 6.92 Å². The highest BCUT2D eigenvalue weighted by molar-refractivity contribution is 8.04. The standard InChI is InChI=1S/C14H15N3O5S2/c1-2-22-12(20)5-11-17(10(19)7-24-11)6-9(18)16-14-8(13(15)21)3-4-23-14/h3-5H,2,6-7H2,1H3,(H2,15,21)(H,16,18)/b11-5+. The molecule has 0 unspecified atom stereocenters. The molecule has 10 heteroatoms. The fourth-order valence-electron chi connectivity index (χ4n) is 1.89. The summed E-state index contributed by atoms with van der Waals surface area (Å²) in [7, 11) is 0. The van der Waals surface area contributed by atoms with Crippen LogP contribution >= 0.6 is 23.1 Å². The van der Waals surface area contributed by atoms with E-state index < -0.39 is 17.8 Å². The van der Waals surface area contributed by atoms with Gasteiger partial charge in [0.25, 0.3) is 5.91 Å². The quantitative estimate of drug-likeness (QED) is 0.565. The molecule has 1 aromatic rings. The lowest BCUT2D eigenvalue weighted by molar-refractivity contribution is -0.137. The van der Waals surface area contributed by atoms with Crippen LogP contribution in [0.5, 0.6) is 0 Å². The number of amides is 3. The average molecular weight is 369 g/mol. The number of primary amides is 1. The zero-order valence-corrected chi connectivity index (χ0v) is 14.4. The number of ether oxygens (including phenoxy) is 1. The summed E-state index contributed by atoms with van der Waals surface area (Å²) in [5.74, 6) is -1.86. The van der Waals surface area contributed by atoms with Crippen LogP contribution in [0.4, 0.5) is 5.00 Å². The Bertz CT molecular complexity index is 713. The fraction of sp³-hybridized carbons (Fsp3) is 0.286. The Morgan fingerprint density at radius 3 is 2.88 bits per heavy atom. The van der Waals surface area contributed by atoms with Crippen molar-refractivity contribution >= 4 is 51.8 Å². The molecule has 24 heavy (non-hydrogen) atoms. The first-order chi connectivity index (χ1) is 11.4. The number of anilines is 1. The van der Waals surface area contributed by atoms with Gasteiger partial charge in [0.05, 0.1) is 29.0 Å². The smallest absolute Gasteiger partial charge is 0.333 e. The minimum Gasteiger partial charge on any atom is -0.463 e. The number of nitrogens with one attached hydrogen (secondary N) is 1. The lowest BCUT2D eigenvalue weighted by atomic mass is 10.3. The van der Waals surface area contributed by atoms with Gasteiger partial charge in [-0.2, -0.15) is 0 Å². The number of esters is 1. The molecule has 1 aliphatic heterocycles. The molecule has 3 amide bonds. The summed E-state index contributed by atoms with van der Waals surface area (Å²) < 4.78 is 4.80. The van der Waals surface area contributed by atoms with Crippen molar-refractivity contribution in [3.63, 3.8) is 0 Å². The molecule has 128 valence electrons. The van der Waals surface area contributed by atoms with Gasteiger partial charge in [0, 0.05) is 0 Å². The molecule has 8 nitrogen and oxygen atoms in total. The number of hydrogen-bond acceptors (Lipinski definition) is 7. The monoisotopic (exact) mass is 369 g/mol. The predicted octanol–water partition coefficient (Wildman–Crippen LogP) is 0.765. The van der Waals surface area contributed by atoms with Crippen molar-refractivity contribution in [1.82, 2.24) is 4.90 Å². The van der Waals surface area contributed by atoms with Crippen LogP contribution in [0.15, 0.2) is 22.6 Å². The van der Waals surface area contributed by atoms with Gasteiger partial charge in [-0.05, 0) is 18.4 Å². The summed E-state index contributed by atoms with van der Waals surface area (Å²) in [6, 6.07) is 1.51. The highest BCUT2D eigenvalue weighted by Crippen LogP contribution is 2.29. The van der Waals surface area contributed by atoms with Crippen LogP contribution in [0.25, 0.3) is 0 Å². The van der Waals surface area contributed by atoms with Crippen molar-refractivity contribution < 1.29 is 23.9 Å². The molecule has 1 fully saturated rings. The molecule has 0 atom stereocenters. The molecule has 0 spiro atoms. The van der Waals surface area contributed by atoms with E-state index in [9.17, 15) is 19.2 Å². The summed E-state index contributed by atoms with van der Waals surface area (Å²) in [5, 5.41) is 4.85.